The van der Waals surface area contributed by atoms with Gasteiger partial charge in [0.1, 0.15) is 11.0 Å². The smallest absolute Gasteiger partial charge is 0.146 e. The molecule has 0 aliphatic rings. The van der Waals surface area contributed by atoms with Crippen LogP contribution in [0.3, 0.4) is 0 Å². The van der Waals surface area contributed by atoms with Crippen molar-refractivity contribution in [1.82, 2.24) is 9.97 Å². The Bertz CT molecular complexity index is 595. The van der Waals surface area contributed by atoms with Crippen molar-refractivity contribution >= 4 is 61.9 Å². The van der Waals surface area contributed by atoms with Crippen LogP contribution in [-0.2, 0) is 12.2 Å². The van der Waals surface area contributed by atoms with Gasteiger partial charge in [-0.25, -0.2) is 9.97 Å². The molecule has 0 unspecified atom stereocenters. The van der Waals surface area contributed by atoms with Gasteiger partial charge in [0.25, 0.3) is 0 Å². The first-order chi connectivity index (χ1) is 9.10. The summed E-state index contributed by atoms with van der Waals surface area (Å²) in [6, 6.07) is 8.19. The zero-order valence-electron chi connectivity index (χ0n) is 10.2. The summed E-state index contributed by atoms with van der Waals surface area (Å²) in [5, 5.41) is 0.553. The molecule has 0 saturated heterocycles. The van der Waals surface area contributed by atoms with Gasteiger partial charge in [-0.2, -0.15) is 0 Å². The van der Waals surface area contributed by atoms with Crippen molar-refractivity contribution in [2.24, 2.45) is 0 Å². The highest BCUT2D eigenvalue weighted by Gasteiger charge is 2.09. The van der Waals surface area contributed by atoms with Crippen LogP contribution in [0.2, 0.25) is 5.15 Å². The topological polar surface area (TPSA) is 25.8 Å². The fraction of sp³-hybridized carbons (Fsp3) is 0.231. The van der Waals surface area contributed by atoms with E-state index in [4.69, 9.17) is 11.6 Å². The Morgan fingerprint density at radius 1 is 1.37 bits per heavy atom. The molecule has 0 spiro atoms. The van der Waals surface area contributed by atoms with Crippen molar-refractivity contribution in [2.75, 3.05) is 0 Å². The number of halogens is 3. The third-order valence-corrected chi connectivity index (χ3v) is 5.63. The summed E-state index contributed by atoms with van der Waals surface area (Å²) in [6.07, 6.45) is 0.870. The first-order valence-corrected chi connectivity index (χ1v) is 8.93. The van der Waals surface area contributed by atoms with Gasteiger partial charge in [-0.3, -0.25) is 0 Å². The van der Waals surface area contributed by atoms with E-state index in [1.54, 1.807) is 11.8 Å². The van der Waals surface area contributed by atoms with Crippen molar-refractivity contribution in [3.63, 3.8) is 0 Å². The molecule has 100 valence electrons. The Balaban J connectivity index is 2.13. The predicted molar refractivity (Wildman–Crippen MR) is 92.8 cm³/mol. The lowest BCUT2D eigenvalue weighted by atomic mass is 10.3. The molecular formula is C13H11BrClIN2S. The molecule has 2 aromatic rings. The van der Waals surface area contributed by atoms with Crippen molar-refractivity contribution < 1.29 is 0 Å². The molecule has 2 rings (SSSR count). The van der Waals surface area contributed by atoms with Gasteiger partial charge in [-0.05, 0) is 47.2 Å². The summed E-state index contributed by atoms with van der Waals surface area (Å²) in [5.74, 6) is 1.51. The van der Waals surface area contributed by atoms with Gasteiger partial charge >= 0.3 is 0 Å². The number of thioether (sulfide) groups is 1. The molecule has 19 heavy (non-hydrogen) atoms. The van der Waals surface area contributed by atoms with E-state index < -0.39 is 0 Å². The average molecular weight is 470 g/mol. The molecule has 0 saturated carbocycles. The summed E-state index contributed by atoms with van der Waals surface area (Å²) in [6.45, 7) is 2.08. The van der Waals surface area contributed by atoms with E-state index in [0.29, 0.717) is 5.15 Å². The second-order valence-corrected chi connectivity index (χ2v) is 7.19. The third-order valence-electron chi connectivity index (χ3n) is 2.42. The van der Waals surface area contributed by atoms with Gasteiger partial charge < -0.3 is 0 Å². The van der Waals surface area contributed by atoms with Crippen LogP contribution in [0, 0.1) is 3.57 Å². The number of nitrogens with zero attached hydrogens (tertiary/aromatic N) is 2. The lowest BCUT2D eigenvalue weighted by Crippen LogP contribution is -2.01. The summed E-state index contributed by atoms with van der Waals surface area (Å²) >= 11 is 13.5. The molecular weight excluding hydrogens is 458 g/mol. The number of aromatic nitrogens is 2. The highest BCUT2D eigenvalue weighted by molar-refractivity contribution is 14.1. The van der Waals surface area contributed by atoms with Crippen molar-refractivity contribution in [2.45, 2.75) is 24.0 Å². The number of aryl methyl sites for hydroxylation is 1. The number of hydrogen-bond acceptors (Lipinski definition) is 3. The maximum absolute atomic E-state index is 6.13. The minimum absolute atomic E-state index is 0.553. The summed E-state index contributed by atoms with van der Waals surface area (Å²) in [4.78, 5) is 10.1. The first kappa shape index (κ1) is 15.5. The number of hydrogen-bond donors (Lipinski definition) is 0. The molecule has 1 aromatic heterocycles. The Morgan fingerprint density at radius 2 is 2.16 bits per heavy atom. The average Bonchev–Trinajstić information content (AvgIpc) is 2.40. The summed E-state index contributed by atoms with van der Waals surface area (Å²) < 4.78 is 2.03. The molecule has 1 aromatic carbocycles. The zero-order valence-corrected chi connectivity index (χ0v) is 15.5. The molecule has 0 aliphatic carbocycles. The predicted octanol–water partition coefficient (Wildman–Crippen LogP) is 5.35. The zero-order chi connectivity index (χ0) is 13.8. The molecule has 0 aliphatic heterocycles. The van der Waals surface area contributed by atoms with Crippen molar-refractivity contribution in [3.05, 3.63) is 49.0 Å². The van der Waals surface area contributed by atoms with Crippen molar-refractivity contribution in [1.29, 1.82) is 0 Å². The molecule has 0 amide bonds. The van der Waals surface area contributed by atoms with Gasteiger partial charge in [0.2, 0.25) is 0 Å². The third kappa shape index (κ3) is 4.31. The number of rotatable bonds is 4. The largest absolute Gasteiger partial charge is 0.236 e. The maximum atomic E-state index is 6.13. The molecule has 0 atom stereocenters. The van der Waals surface area contributed by atoms with Crippen LogP contribution in [0.4, 0.5) is 0 Å². The van der Waals surface area contributed by atoms with Gasteiger partial charge in [-0.1, -0.05) is 40.5 Å². The highest BCUT2D eigenvalue weighted by Crippen LogP contribution is 2.26. The van der Waals surface area contributed by atoms with Crippen LogP contribution in [0.1, 0.15) is 18.4 Å². The van der Waals surface area contributed by atoms with Crippen LogP contribution in [0.5, 0.6) is 0 Å². The Labute approximate surface area is 144 Å². The monoisotopic (exact) mass is 468 g/mol. The lowest BCUT2D eigenvalue weighted by molar-refractivity contribution is 0.927. The maximum Gasteiger partial charge on any atom is 0.146 e. The van der Waals surface area contributed by atoms with E-state index in [2.05, 4.69) is 67.5 Å². The standard InChI is InChI=1S/C13H11BrClIN2S/c1-2-10-12(16)13(15)18-11(17-10)7-19-9-5-3-4-8(14)6-9/h3-6H,2,7H2,1H3. The van der Waals surface area contributed by atoms with E-state index in [0.717, 1.165) is 31.7 Å². The minimum atomic E-state index is 0.553. The molecule has 1 heterocycles. The first-order valence-electron chi connectivity index (χ1n) is 5.69. The summed E-state index contributed by atoms with van der Waals surface area (Å²) in [5.41, 5.74) is 1.02. The highest BCUT2D eigenvalue weighted by atomic mass is 127. The van der Waals surface area contributed by atoms with Crippen LogP contribution in [0.15, 0.2) is 33.6 Å². The van der Waals surface area contributed by atoms with E-state index in [9.17, 15) is 0 Å². The van der Waals surface area contributed by atoms with E-state index >= 15 is 0 Å². The van der Waals surface area contributed by atoms with Crippen LogP contribution in [0.25, 0.3) is 0 Å². The normalized spacial score (nSPS) is 10.7. The van der Waals surface area contributed by atoms with Gasteiger partial charge in [0.05, 0.1) is 15.0 Å². The quantitative estimate of drug-likeness (QED) is 0.343. The van der Waals surface area contributed by atoms with Crippen LogP contribution >= 0.6 is 61.9 Å². The minimum Gasteiger partial charge on any atom is -0.236 e. The Kier molecular flexibility index (Phi) is 5.92. The van der Waals surface area contributed by atoms with E-state index in [1.807, 2.05) is 12.1 Å². The fourth-order valence-electron chi connectivity index (χ4n) is 1.51. The van der Waals surface area contributed by atoms with Crippen LogP contribution in [-0.4, -0.2) is 9.97 Å². The SMILES string of the molecule is CCc1nc(CSc2cccc(Br)c2)nc(Cl)c1I. The second-order valence-electron chi connectivity index (χ2n) is 3.79. The van der Waals surface area contributed by atoms with E-state index in [1.165, 1.54) is 4.90 Å². The van der Waals surface area contributed by atoms with Crippen LogP contribution < -0.4 is 0 Å². The van der Waals surface area contributed by atoms with Crippen molar-refractivity contribution in [3.8, 4) is 0 Å². The second kappa shape index (κ2) is 7.24. The molecule has 0 N–H and O–H groups in total. The fourth-order valence-corrected chi connectivity index (χ4v) is 3.70. The van der Waals surface area contributed by atoms with Gasteiger partial charge in [0.15, 0.2) is 0 Å². The lowest BCUT2D eigenvalue weighted by Gasteiger charge is -2.06. The Hall–Kier alpha value is 0.150. The van der Waals surface area contributed by atoms with Gasteiger partial charge in [0, 0.05) is 9.37 Å². The molecule has 0 bridgehead atoms. The molecule has 0 radical (unpaired) electrons. The summed E-state index contributed by atoms with van der Waals surface area (Å²) in [7, 11) is 0. The molecule has 0 fully saturated rings. The number of benzene rings is 1. The molecule has 6 heteroatoms. The van der Waals surface area contributed by atoms with E-state index in [-0.39, 0.29) is 0 Å². The molecule has 2 nitrogen and oxygen atoms in total. The van der Waals surface area contributed by atoms with Gasteiger partial charge in [-0.15, -0.1) is 11.8 Å². The Morgan fingerprint density at radius 3 is 2.84 bits per heavy atom.